The van der Waals surface area contributed by atoms with E-state index in [9.17, 15) is 9.59 Å². The van der Waals surface area contributed by atoms with Gasteiger partial charge in [0.1, 0.15) is 11.0 Å². The minimum absolute atomic E-state index is 0.166. The molecular formula is C25H29N5O2S. The number of rotatable bonds is 7. The fourth-order valence-electron chi connectivity index (χ4n) is 4.05. The first-order valence-corrected chi connectivity index (χ1v) is 12.2. The Bertz CT molecular complexity index is 1080. The van der Waals surface area contributed by atoms with Gasteiger partial charge >= 0.3 is 6.03 Å². The van der Waals surface area contributed by atoms with Gasteiger partial charge in [0.25, 0.3) is 0 Å². The van der Waals surface area contributed by atoms with Crippen molar-refractivity contribution in [2.75, 3.05) is 5.32 Å². The minimum atomic E-state index is -0.734. The molecule has 0 saturated heterocycles. The number of benzene rings is 2. The zero-order valence-corrected chi connectivity index (χ0v) is 19.5. The molecular weight excluding hydrogens is 434 g/mol. The Labute approximate surface area is 198 Å². The largest absolute Gasteiger partial charge is 0.335 e. The Kier molecular flexibility index (Phi) is 7.67. The molecule has 3 N–H and O–H groups in total. The number of carbonyl (C=O) groups excluding carboxylic acids is 2. The summed E-state index contributed by atoms with van der Waals surface area (Å²) in [6.07, 6.45) is 5.81. The number of aryl methyl sites for hydroxylation is 1. The Hall–Kier alpha value is -3.26. The molecule has 3 aromatic rings. The van der Waals surface area contributed by atoms with Crippen molar-refractivity contribution in [1.82, 2.24) is 20.8 Å². The normalized spacial score (nSPS) is 14.9. The summed E-state index contributed by atoms with van der Waals surface area (Å²) >= 11 is 1.31. The van der Waals surface area contributed by atoms with Crippen molar-refractivity contribution in [2.45, 2.75) is 57.5 Å². The van der Waals surface area contributed by atoms with Gasteiger partial charge in [0.15, 0.2) is 0 Å². The zero-order valence-electron chi connectivity index (χ0n) is 18.7. The van der Waals surface area contributed by atoms with Crippen LogP contribution in [0.25, 0.3) is 10.6 Å². The Morgan fingerprint density at radius 3 is 2.58 bits per heavy atom. The highest BCUT2D eigenvalue weighted by Crippen LogP contribution is 2.27. The van der Waals surface area contributed by atoms with Gasteiger partial charge in [-0.05, 0) is 31.4 Å². The molecule has 172 valence electrons. The average Bonchev–Trinajstić information content (AvgIpc) is 3.28. The molecule has 1 heterocycles. The topological polar surface area (TPSA) is 96.0 Å². The fraction of sp³-hybridized carbons (Fsp3) is 0.360. The van der Waals surface area contributed by atoms with E-state index in [0.717, 1.165) is 47.4 Å². The molecule has 1 aliphatic carbocycles. The van der Waals surface area contributed by atoms with E-state index in [4.69, 9.17) is 0 Å². The maximum atomic E-state index is 13.1. The monoisotopic (exact) mass is 463 g/mol. The summed E-state index contributed by atoms with van der Waals surface area (Å²) in [5.74, 6) is -0.315. The molecule has 8 heteroatoms. The van der Waals surface area contributed by atoms with E-state index < -0.39 is 6.04 Å². The second kappa shape index (κ2) is 11.0. The molecule has 1 saturated carbocycles. The van der Waals surface area contributed by atoms with Crippen LogP contribution in [0, 0.1) is 6.92 Å². The van der Waals surface area contributed by atoms with Crippen LogP contribution < -0.4 is 16.0 Å². The number of aromatic nitrogens is 2. The first kappa shape index (κ1) is 22.9. The van der Waals surface area contributed by atoms with Crippen LogP contribution in [0.1, 0.15) is 43.2 Å². The molecule has 1 unspecified atom stereocenters. The fourth-order valence-corrected chi connectivity index (χ4v) is 4.80. The lowest BCUT2D eigenvalue weighted by molar-refractivity contribution is -0.117. The third-order valence-corrected chi connectivity index (χ3v) is 6.65. The van der Waals surface area contributed by atoms with Gasteiger partial charge in [0.05, 0.1) is 0 Å². The number of nitrogens with zero attached hydrogens (tertiary/aromatic N) is 2. The van der Waals surface area contributed by atoms with Crippen LogP contribution in [0.15, 0.2) is 54.6 Å². The van der Waals surface area contributed by atoms with E-state index in [1.54, 1.807) is 0 Å². The van der Waals surface area contributed by atoms with Crippen molar-refractivity contribution in [3.8, 4) is 10.6 Å². The third-order valence-electron chi connectivity index (χ3n) is 5.77. The summed E-state index contributed by atoms with van der Waals surface area (Å²) in [5, 5.41) is 18.2. The van der Waals surface area contributed by atoms with Crippen molar-refractivity contribution in [1.29, 1.82) is 0 Å². The number of hydrogen-bond donors (Lipinski definition) is 3. The van der Waals surface area contributed by atoms with Crippen molar-refractivity contribution < 1.29 is 9.59 Å². The third kappa shape index (κ3) is 6.61. The van der Waals surface area contributed by atoms with Gasteiger partial charge in [0, 0.05) is 18.0 Å². The number of hydrogen-bond acceptors (Lipinski definition) is 5. The molecule has 0 aliphatic heterocycles. The molecule has 0 bridgehead atoms. The van der Waals surface area contributed by atoms with Crippen molar-refractivity contribution in [3.05, 3.63) is 65.7 Å². The van der Waals surface area contributed by atoms with Crippen molar-refractivity contribution >= 4 is 28.4 Å². The lowest BCUT2D eigenvalue weighted by atomic mass is 9.96. The quantitative estimate of drug-likeness (QED) is 0.473. The van der Waals surface area contributed by atoms with Gasteiger partial charge in [-0.1, -0.05) is 84.7 Å². The number of carbonyl (C=O) groups is 2. The van der Waals surface area contributed by atoms with Crippen LogP contribution in [0.4, 0.5) is 9.93 Å². The number of nitrogens with one attached hydrogen (secondary N) is 3. The summed E-state index contributed by atoms with van der Waals surface area (Å²) in [6, 6.07) is 16.8. The first-order chi connectivity index (χ1) is 16.1. The molecule has 1 fully saturated rings. The Morgan fingerprint density at radius 1 is 1.03 bits per heavy atom. The van der Waals surface area contributed by atoms with Crippen LogP contribution >= 0.6 is 11.3 Å². The van der Waals surface area contributed by atoms with Crippen LogP contribution in [0.2, 0.25) is 0 Å². The van der Waals surface area contributed by atoms with Crippen molar-refractivity contribution in [2.24, 2.45) is 0 Å². The molecule has 2 aromatic carbocycles. The van der Waals surface area contributed by atoms with E-state index >= 15 is 0 Å². The Morgan fingerprint density at radius 2 is 1.82 bits per heavy atom. The highest BCUT2D eigenvalue weighted by Gasteiger charge is 2.24. The van der Waals surface area contributed by atoms with E-state index in [-0.39, 0.29) is 18.0 Å². The molecule has 4 rings (SSSR count). The van der Waals surface area contributed by atoms with Gasteiger partial charge in [-0.2, -0.15) is 0 Å². The van der Waals surface area contributed by atoms with Crippen molar-refractivity contribution in [3.63, 3.8) is 0 Å². The summed E-state index contributed by atoms with van der Waals surface area (Å²) < 4.78 is 0. The first-order valence-electron chi connectivity index (χ1n) is 11.4. The number of anilines is 1. The smallest absolute Gasteiger partial charge is 0.315 e. The lowest BCUT2D eigenvalue weighted by Gasteiger charge is -2.25. The maximum Gasteiger partial charge on any atom is 0.315 e. The van der Waals surface area contributed by atoms with Gasteiger partial charge in [-0.15, -0.1) is 10.2 Å². The van der Waals surface area contributed by atoms with E-state index in [1.165, 1.54) is 17.8 Å². The SMILES string of the molecule is Cc1cccc(-c2nnc(NC(=O)C(Cc3ccccc3)NC(=O)NC3CCCCC3)s2)c1. The standard InChI is InChI=1S/C25H29N5O2S/c1-17-9-8-12-19(15-17)23-29-30-25(33-23)28-22(31)21(16-18-10-4-2-5-11-18)27-24(32)26-20-13-6-3-7-14-20/h2,4-5,8-12,15,20-21H,3,6-7,13-14,16H2,1H3,(H2,26,27,32)(H,28,30,31). The van der Waals surface area contributed by atoms with Crippen LogP contribution in [0.3, 0.4) is 0 Å². The van der Waals surface area contributed by atoms with Crippen LogP contribution in [0.5, 0.6) is 0 Å². The predicted molar refractivity (Wildman–Crippen MR) is 131 cm³/mol. The Balaban J connectivity index is 1.44. The number of urea groups is 1. The highest BCUT2D eigenvalue weighted by molar-refractivity contribution is 7.18. The molecule has 0 radical (unpaired) electrons. The average molecular weight is 464 g/mol. The van der Waals surface area contributed by atoms with Gasteiger partial charge in [-0.25, -0.2) is 4.79 Å². The molecule has 7 nitrogen and oxygen atoms in total. The summed E-state index contributed by atoms with van der Waals surface area (Å²) in [4.78, 5) is 25.8. The summed E-state index contributed by atoms with van der Waals surface area (Å²) in [5.41, 5.74) is 3.05. The van der Waals surface area contributed by atoms with Crippen LogP contribution in [-0.2, 0) is 11.2 Å². The summed E-state index contributed by atoms with van der Waals surface area (Å²) in [7, 11) is 0. The minimum Gasteiger partial charge on any atom is -0.335 e. The molecule has 0 spiro atoms. The lowest BCUT2D eigenvalue weighted by Crippen LogP contribution is -2.51. The summed E-state index contributed by atoms with van der Waals surface area (Å²) in [6.45, 7) is 2.02. The van der Waals surface area contributed by atoms with E-state index in [0.29, 0.717) is 11.6 Å². The maximum absolute atomic E-state index is 13.1. The van der Waals surface area contributed by atoms with Gasteiger partial charge in [0.2, 0.25) is 11.0 Å². The second-order valence-corrected chi connectivity index (χ2v) is 9.44. The van der Waals surface area contributed by atoms with E-state index in [2.05, 4.69) is 26.1 Å². The second-order valence-electron chi connectivity index (χ2n) is 8.47. The molecule has 1 aliphatic rings. The van der Waals surface area contributed by atoms with E-state index in [1.807, 2.05) is 61.5 Å². The number of amides is 3. The van der Waals surface area contributed by atoms with Gasteiger partial charge < -0.3 is 10.6 Å². The molecule has 3 amide bonds. The van der Waals surface area contributed by atoms with Crippen LogP contribution in [-0.4, -0.2) is 34.2 Å². The van der Waals surface area contributed by atoms with Gasteiger partial charge in [-0.3, -0.25) is 10.1 Å². The molecule has 33 heavy (non-hydrogen) atoms. The highest BCUT2D eigenvalue weighted by atomic mass is 32.1. The zero-order chi connectivity index (χ0) is 23.0. The predicted octanol–water partition coefficient (Wildman–Crippen LogP) is 4.70. The molecule has 1 atom stereocenters. The molecule has 1 aromatic heterocycles.